The van der Waals surface area contributed by atoms with Crippen molar-refractivity contribution >= 4 is 0 Å². The van der Waals surface area contributed by atoms with Gasteiger partial charge in [0.25, 0.3) is 6.43 Å². The number of halogens is 2. The maximum atomic E-state index is 12.8. The highest BCUT2D eigenvalue weighted by Crippen LogP contribution is 2.50. The van der Waals surface area contributed by atoms with E-state index in [2.05, 4.69) is 23.7 Å². The zero-order chi connectivity index (χ0) is 13.9. The van der Waals surface area contributed by atoms with Gasteiger partial charge in [-0.25, -0.2) is 8.78 Å². The molecule has 1 fully saturated rings. The standard InChI is InChI=1S/C16H19F2N/c1-3-4-5-14-12(2)10-19-11-13(14)6-7-16(8-9-16)15(17)18/h10-11,15H,3-5,8-9H2,1-2H3. The molecule has 1 saturated carbocycles. The van der Waals surface area contributed by atoms with Crippen molar-refractivity contribution in [2.75, 3.05) is 0 Å². The third-order valence-electron chi connectivity index (χ3n) is 3.71. The summed E-state index contributed by atoms with van der Waals surface area (Å²) in [5.74, 6) is 5.74. The maximum Gasteiger partial charge on any atom is 0.254 e. The lowest BCUT2D eigenvalue weighted by atomic mass is 9.99. The molecule has 1 nitrogen and oxygen atoms in total. The summed E-state index contributed by atoms with van der Waals surface area (Å²) in [5, 5.41) is 0. The highest BCUT2D eigenvalue weighted by molar-refractivity contribution is 5.44. The molecule has 0 atom stereocenters. The van der Waals surface area contributed by atoms with Gasteiger partial charge in [-0.05, 0) is 43.7 Å². The predicted molar refractivity (Wildman–Crippen MR) is 72.1 cm³/mol. The van der Waals surface area contributed by atoms with Crippen LogP contribution in [0.1, 0.15) is 49.3 Å². The molecule has 1 aromatic heterocycles. The molecule has 0 bridgehead atoms. The molecule has 1 heterocycles. The number of unbranched alkanes of at least 4 members (excludes halogenated alkanes) is 1. The Morgan fingerprint density at radius 2 is 2.11 bits per heavy atom. The van der Waals surface area contributed by atoms with Gasteiger partial charge in [-0.3, -0.25) is 4.98 Å². The molecule has 102 valence electrons. The molecule has 0 spiro atoms. The van der Waals surface area contributed by atoms with Gasteiger partial charge >= 0.3 is 0 Å². The first-order chi connectivity index (χ1) is 9.09. The van der Waals surface area contributed by atoms with E-state index in [1.807, 2.05) is 13.1 Å². The molecule has 0 unspecified atom stereocenters. The average molecular weight is 263 g/mol. The molecule has 2 rings (SSSR count). The minimum Gasteiger partial charge on any atom is -0.263 e. The van der Waals surface area contributed by atoms with Gasteiger partial charge in [0.15, 0.2) is 0 Å². The number of hydrogen-bond donors (Lipinski definition) is 0. The molecule has 3 heteroatoms. The fourth-order valence-corrected chi connectivity index (χ4v) is 2.11. The fraction of sp³-hybridized carbons (Fsp3) is 0.562. The number of alkyl halides is 2. The number of rotatable bonds is 4. The lowest BCUT2D eigenvalue weighted by Gasteiger charge is -2.08. The molecule has 1 aliphatic rings. The Hall–Kier alpha value is -1.43. The molecule has 0 radical (unpaired) electrons. The van der Waals surface area contributed by atoms with Gasteiger partial charge in [0.1, 0.15) is 0 Å². The Kier molecular flexibility index (Phi) is 4.19. The molecule has 0 aliphatic heterocycles. The predicted octanol–water partition coefficient (Wildman–Crippen LogP) is 4.13. The highest BCUT2D eigenvalue weighted by Gasteiger charge is 2.49. The van der Waals surface area contributed by atoms with E-state index in [0.717, 1.165) is 36.0 Å². The van der Waals surface area contributed by atoms with Crippen LogP contribution in [0.4, 0.5) is 8.78 Å². The number of aryl methyl sites for hydroxylation is 1. The lowest BCUT2D eigenvalue weighted by Crippen LogP contribution is -2.09. The first-order valence-corrected chi connectivity index (χ1v) is 6.84. The minimum absolute atomic E-state index is 0.515. The van der Waals surface area contributed by atoms with Crippen LogP contribution in [0.5, 0.6) is 0 Å². The summed E-state index contributed by atoms with van der Waals surface area (Å²) >= 11 is 0. The first-order valence-electron chi connectivity index (χ1n) is 6.84. The number of aromatic nitrogens is 1. The van der Waals surface area contributed by atoms with Crippen LogP contribution in [0.2, 0.25) is 0 Å². The van der Waals surface area contributed by atoms with E-state index in [0.29, 0.717) is 12.8 Å². The molecular formula is C16H19F2N. The third-order valence-corrected chi connectivity index (χ3v) is 3.71. The number of pyridine rings is 1. The Morgan fingerprint density at radius 3 is 2.68 bits per heavy atom. The van der Waals surface area contributed by atoms with Gasteiger partial charge in [-0.2, -0.15) is 0 Å². The second kappa shape index (κ2) is 5.69. The zero-order valence-corrected chi connectivity index (χ0v) is 11.5. The fourth-order valence-electron chi connectivity index (χ4n) is 2.11. The van der Waals surface area contributed by atoms with E-state index in [-0.39, 0.29) is 0 Å². The van der Waals surface area contributed by atoms with Crippen LogP contribution in [0.25, 0.3) is 0 Å². The van der Waals surface area contributed by atoms with Crippen molar-refractivity contribution in [3.05, 3.63) is 29.1 Å². The third kappa shape index (κ3) is 3.12. The summed E-state index contributed by atoms with van der Waals surface area (Å²) in [6, 6.07) is 0. The van der Waals surface area contributed by atoms with Crippen molar-refractivity contribution < 1.29 is 8.78 Å². The Balaban J connectivity index is 2.25. The van der Waals surface area contributed by atoms with Crippen molar-refractivity contribution in [1.82, 2.24) is 4.98 Å². The second-order valence-corrected chi connectivity index (χ2v) is 5.29. The molecule has 19 heavy (non-hydrogen) atoms. The molecule has 0 aromatic carbocycles. The summed E-state index contributed by atoms with van der Waals surface area (Å²) in [5.41, 5.74) is 2.04. The molecule has 1 aromatic rings. The average Bonchev–Trinajstić information content (AvgIpc) is 3.16. The summed E-state index contributed by atoms with van der Waals surface area (Å²) in [4.78, 5) is 4.13. The Bertz CT molecular complexity index is 507. The SMILES string of the molecule is CCCCc1c(C)cncc1C#CC1(C(F)F)CC1. The van der Waals surface area contributed by atoms with E-state index in [9.17, 15) is 8.78 Å². The van der Waals surface area contributed by atoms with Gasteiger partial charge in [-0.15, -0.1) is 0 Å². The summed E-state index contributed by atoms with van der Waals surface area (Å²) in [6.07, 6.45) is 5.34. The van der Waals surface area contributed by atoms with Gasteiger partial charge in [-0.1, -0.05) is 25.2 Å². The van der Waals surface area contributed by atoms with Crippen molar-refractivity contribution in [2.45, 2.75) is 52.4 Å². The topological polar surface area (TPSA) is 12.9 Å². The zero-order valence-electron chi connectivity index (χ0n) is 11.5. The van der Waals surface area contributed by atoms with Crippen molar-refractivity contribution in [3.8, 4) is 11.8 Å². The van der Waals surface area contributed by atoms with Crippen LogP contribution >= 0.6 is 0 Å². The first kappa shape index (κ1) is 14.0. The number of nitrogens with zero attached hydrogens (tertiary/aromatic N) is 1. The van der Waals surface area contributed by atoms with E-state index in [1.165, 1.54) is 0 Å². The van der Waals surface area contributed by atoms with Crippen LogP contribution in [0, 0.1) is 24.2 Å². The normalized spacial score (nSPS) is 16.1. The van der Waals surface area contributed by atoms with Gasteiger partial charge in [0, 0.05) is 18.0 Å². The largest absolute Gasteiger partial charge is 0.263 e. The quantitative estimate of drug-likeness (QED) is 0.744. The molecular weight excluding hydrogens is 244 g/mol. The van der Waals surface area contributed by atoms with Crippen LogP contribution in [-0.2, 0) is 6.42 Å². The van der Waals surface area contributed by atoms with E-state index in [4.69, 9.17) is 0 Å². The van der Waals surface area contributed by atoms with Crippen LogP contribution in [0.15, 0.2) is 12.4 Å². The molecule has 1 aliphatic carbocycles. The van der Waals surface area contributed by atoms with Crippen LogP contribution in [-0.4, -0.2) is 11.4 Å². The number of hydrogen-bond acceptors (Lipinski definition) is 1. The maximum absolute atomic E-state index is 12.8. The van der Waals surface area contributed by atoms with Crippen molar-refractivity contribution in [2.24, 2.45) is 5.41 Å². The monoisotopic (exact) mass is 263 g/mol. The van der Waals surface area contributed by atoms with E-state index in [1.54, 1.807) is 6.20 Å². The Morgan fingerprint density at radius 1 is 1.37 bits per heavy atom. The van der Waals surface area contributed by atoms with Crippen molar-refractivity contribution in [1.29, 1.82) is 0 Å². The van der Waals surface area contributed by atoms with Crippen LogP contribution < -0.4 is 0 Å². The second-order valence-electron chi connectivity index (χ2n) is 5.29. The molecule has 0 N–H and O–H groups in total. The molecule has 0 amide bonds. The van der Waals surface area contributed by atoms with Gasteiger partial charge in [0.05, 0.1) is 5.41 Å². The summed E-state index contributed by atoms with van der Waals surface area (Å²) < 4.78 is 25.7. The van der Waals surface area contributed by atoms with Gasteiger partial charge < -0.3 is 0 Å². The Labute approximate surface area is 113 Å². The lowest BCUT2D eigenvalue weighted by molar-refractivity contribution is 0.0921. The van der Waals surface area contributed by atoms with Gasteiger partial charge in [0.2, 0.25) is 0 Å². The van der Waals surface area contributed by atoms with Crippen molar-refractivity contribution in [3.63, 3.8) is 0 Å². The summed E-state index contributed by atoms with van der Waals surface area (Å²) in [6.45, 7) is 4.14. The van der Waals surface area contributed by atoms with Crippen LogP contribution in [0.3, 0.4) is 0 Å². The minimum atomic E-state index is -2.34. The highest BCUT2D eigenvalue weighted by atomic mass is 19.3. The summed E-state index contributed by atoms with van der Waals surface area (Å²) in [7, 11) is 0. The van der Waals surface area contributed by atoms with E-state index >= 15 is 0 Å². The van der Waals surface area contributed by atoms with E-state index < -0.39 is 11.8 Å². The smallest absolute Gasteiger partial charge is 0.254 e. The molecule has 0 saturated heterocycles.